The number of ether oxygens (including phenoxy) is 3. The number of hydrogen-bond acceptors (Lipinski definition) is 4. The first-order chi connectivity index (χ1) is 15.9. The Kier molecular flexibility index (Phi) is 32.3. The van der Waals surface area contributed by atoms with Crippen LogP contribution in [0.1, 0.15) is 111 Å². The molecular weight excluding hydrogens is 436 g/mol. The van der Waals surface area contributed by atoms with Crippen molar-refractivity contribution in [2.24, 2.45) is 41.4 Å². The fourth-order valence-electron chi connectivity index (χ4n) is 1.67. The minimum atomic E-state index is -0.103. The monoisotopic (exact) mass is 500 g/mol. The number of hydrogen-bond donors (Lipinski definition) is 0. The fourth-order valence-corrected chi connectivity index (χ4v) is 1.67. The summed E-state index contributed by atoms with van der Waals surface area (Å²) in [6, 6.07) is 0. The van der Waals surface area contributed by atoms with Crippen molar-refractivity contribution in [1.29, 1.82) is 0 Å². The van der Waals surface area contributed by atoms with Gasteiger partial charge in [0.05, 0.1) is 18.6 Å². The summed E-state index contributed by atoms with van der Waals surface area (Å²) in [5, 5.41) is 0. The Morgan fingerprint density at radius 1 is 0.543 bits per heavy atom. The van der Waals surface area contributed by atoms with Gasteiger partial charge in [-0.2, -0.15) is 0 Å². The molecule has 0 saturated carbocycles. The van der Waals surface area contributed by atoms with Crippen LogP contribution in [0.2, 0.25) is 0 Å². The Labute approximate surface area is 221 Å². The fraction of sp³-hybridized carbons (Fsp3) is 0.903. The van der Waals surface area contributed by atoms with Crippen molar-refractivity contribution in [3.8, 4) is 11.8 Å². The van der Waals surface area contributed by atoms with Gasteiger partial charge in [0.25, 0.3) is 0 Å². The Bertz CT molecular complexity index is 464. The highest BCUT2D eigenvalue weighted by Gasteiger charge is 2.08. The molecule has 0 aliphatic heterocycles. The zero-order chi connectivity index (χ0) is 28.6. The summed E-state index contributed by atoms with van der Waals surface area (Å²) in [6.07, 6.45) is 0.386. The maximum Gasteiger partial charge on any atom is 0.308 e. The van der Waals surface area contributed by atoms with Gasteiger partial charge in [-0.05, 0) is 37.5 Å². The first-order valence-electron chi connectivity index (χ1n) is 13.8. The smallest absolute Gasteiger partial charge is 0.308 e. The Hall–Kier alpha value is -1.05. The SMILES string of the molecule is CC(C)C#CC(C)C.CC(C)COC(=O)C(C)C.CC(C)COC(C)C.CC(C)COCC(C)C. The molecule has 0 N–H and O–H groups in total. The van der Waals surface area contributed by atoms with E-state index in [1.807, 2.05) is 27.7 Å². The molecule has 0 fully saturated rings. The Balaban J connectivity index is -0.000000184. The molecule has 0 bridgehead atoms. The minimum Gasteiger partial charge on any atom is -0.465 e. The van der Waals surface area contributed by atoms with Crippen LogP contribution in [0.5, 0.6) is 0 Å². The third-order valence-electron chi connectivity index (χ3n) is 3.36. The van der Waals surface area contributed by atoms with Crippen LogP contribution in [-0.2, 0) is 19.0 Å². The molecule has 0 spiro atoms. The lowest BCUT2D eigenvalue weighted by molar-refractivity contribution is -0.148. The van der Waals surface area contributed by atoms with Gasteiger partial charge >= 0.3 is 5.97 Å². The Morgan fingerprint density at radius 2 is 0.886 bits per heavy atom. The van der Waals surface area contributed by atoms with Crippen LogP contribution >= 0.6 is 0 Å². The number of carbonyl (C=O) groups is 1. The van der Waals surface area contributed by atoms with E-state index >= 15 is 0 Å². The molecule has 0 rings (SSSR count). The summed E-state index contributed by atoms with van der Waals surface area (Å²) in [6.45, 7) is 36.5. The number of esters is 1. The van der Waals surface area contributed by atoms with E-state index in [9.17, 15) is 4.79 Å². The van der Waals surface area contributed by atoms with E-state index in [0.29, 0.717) is 48.2 Å². The molecule has 4 nitrogen and oxygen atoms in total. The average molecular weight is 501 g/mol. The van der Waals surface area contributed by atoms with Crippen molar-refractivity contribution in [3.63, 3.8) is 0 Å². The largest absolute Gasteiger partial charge is 0.465 e. The van der Waals surface area contributed by atoms with E-state index in [1.54, 1.807) is 0 Å². The second kappa shape index (κ2) is 27.5. The summed E-state index contributed by atoms with van der Waals surface area (Å²) < 4.78 is 15.6. The third kappa shape index (κ3) is 55.0. The predicted molar refractivity (Wildman–Crippen MR) is 155 cm³/mol. The summed E-state index contributed by atoms with van der Waals surface area (Å²) >= 11 is 0. The van der Waals surface area contributed by atoms with Gasteiger partial charge in [0.15, 0.2) is 0 Å². The van der Waals surface area contributed by atoms with E-state index < -0.39 is 0 Å². The molecule has 0 aliphatic carbocycles. The van der Waals surface area contributed by atoms with Crippen LogP contribution in [0.25, 0.3) is 0 Å². The van der Waals surface area contributed by atoms with Gasteiger partial charge in [-0.25, -0.2) is 0 Å². The zero-order valence-corrected chi connectivity index (χ0v) is 26.6. The van der Waals surface area contributed by atoms with Crippen LogP contribution in [0.3, 0.4) is 0 Å². The molecule has 0 aliphatic rings. The molecule has 0 saturated heterocycles. The topological polar surface area (TPSA) is 44.8 Å². The maximum absolute atomic E-state index is 10.8. The second-order valence-electron chi connectivity index (χ2n) is 11.9. The summed E-state index contributed by atoms with van der Waals surface area (Å²) in [5.41, 5.74) is 0. The van der Waals surface area contributed by atoms with E-state index in [0.717, 1.165) is 19.8 Å². The zero-order valence-electron chi connectivity index (χ0n) is 26.6. The summed E-state index contributed by atoms with van der Waals surface area (Å²) in [5.74, 6) is 9.57. The van der Waals surface area contributed by atoms with Gasteiger partial charge in [-0.1, -0.05) is 96.9 Å². The first-order valence-corrected chi connectivity index (χ1v) is 13.8. The normalized spacial score (nSPS) is 10.6. The predicted octanol–water partition coefficient (Wildman–Crippen LogP) is 8.53. The molecule has 0 atom stereocenters. The number of carbonyl (C=O) groups excluding carboxylic acids is 1. The maximum atomic E-state index is 10.8. The molecule has 0 unspecified atom stereocenters. The average Bonchev–Trinajstić information content (AvgIpc) is 2.69. The molecular formula is C31H64O4. The van der Waals surface area contributed by atoms with Crippen molar-refractivity contribution in [2.45, 2.75) is 117 Å². The molecule has 0 radical (unpaired) electrons. The third-order valence-corrected chi connectivity index (χ3v) is 3.36. The van der Waals surface area contributed by atoms with Crippen LogP contribution in [0, 0.1) is 53.3 Å². The lowest BCUT2D eigenvalue weighted by Crippen LogP contribution is -2.14. The van der Waals surface area contributed by atoms with Gasteiger partial charge in [0.1, 0.15) is 0 Å². The van der Waals surface area contributed by atoms with Gasteiger partial charge in [-0.15, -0.1) is 11.8 Å². The van der Waals surface area contributed by atoms with E-state index in [4.69, 9.17) is 14.2 Å². The molecule has 0 aromatic carbocycles. The van der Waals surface area contributed by atoms with E-state index in [1.165, 1.54) is 0 Å². The van der Waals surface area contributed by atoms with Crippen molar-refractivity contribution >= 4 is 5.97 Å². The molecule has 35 heavy (non-hydrogen) atoms. The highest BCUT2D eigenvalue weighted by atomic mass is 16.5. The summed E-state index contributed by atoms with van der Waals surface area (Å²) in [7, 11) is 0. The van der Waals surface area contributed by atoms with Gasteiger partial charge < -0.3 is 14.2 Å². The quantitative estimate of drug-likeness (QED) is 0.223. The first kappa shape index (κ1) is 41.1. The number of rotatable bonds is 10. The van der Waals surface area contributed by atoms with Crippen LogP contribution in [-0.4, -0.2) is 38.5 Å². The molecule has 0 aromatic rings. The standard InChI is InChI=1S/C8H16O2.C8H18O.C8H14.C7H16O/c1-6(2)5-10-8(9)7(3)4;1-7(2)5-9-6-8(3)4;1-7(2)5-6-8(3)4;1-6(2)5-8-7(3)4/h6-7H,5H2,1-4H3;7-8H,5-6H2,1-4H3;7-8H,1-4H3;6-7H,5H2,1-4H3. The highest BCUT2D eigenvalue weighted by molar-refractivity contribution is 5.71. The lowest BCUT2D eigenvalue weighted by Gasteiger charge is -2.08. The molecule has 212 valence electrons. The van der Waals surface area contributed by atoms with Crippen molar-refractivity contribution in [1.82, 2.24) is 0 Å². The second-order valence-corrected chi connectivity index (χ2v) is 11.9. The molecule has 0 heterocycles. The van der Waals surface area contributed by atoms with Crippen LogP contribution in [0.15, 0.2) is 0 Å². The van der Waals surface area contributed by atoms with E-state index in [-0.39, 0.29) is 11.9 Å². The summed E-state index contributed by atoms with van der Waals surface area (Å²) in [4.78, 5) is 10.8. The van der Waals surface area contributed by atoms with Gasteiger partial charge in [0, 0.05) is 31.7 Å². The van der Waals surface area contributed by atoms with Gasteiger partial charge in [0.2, 0.25) is 0 Å². The highest BCUT2D eigenvalue weighted by Crippen LogP contribution is 1.99. The van der Waals surface area contributed by atoms with Crippen LogP contribution < -0.4 is 0 Å². The minimum absolute atomic E-state index is 0.00116. The molecule has 0 aromatic heterocycles. The molecule has 4 heteroatoms. The van der Waals surface area contributed by atoms with Crippen molar-refractivity contribution in [2.75, 3.05) is 26.4 Å². The van der Waals surface area contributed by atoms with Crippen molar-refractivity contribution < 1.29 is 19.0 Å². The lowest BCUT2D eigenvalue weighted by atomic mass is 10.2. The van der Waals surface area contributed by atoms with Crippen molar-refractivity contribution in [3.05, 3.63) is 0 Å². The van der Waals surface area contributed by atoms with Gasteiger partial charge in [-0.3, -0.25) is 4.79 Å². The Morgan fingerprint density at radius 3 is 1.09 bits per heavy atom. The van der Waals surface area contributed by atoms with E-state index in [2.05, 4.69) is 94.9 Å². The van der Waals surface area contributed by atoms with Crippen LogP contribution in [0.4, 0.5) is 0 Å². The molecule has 0 amide bonds.